The molecule has 3 heterocycles. The molecule has 12 heteroatoms. The van der Waals surface area contributed by atoms with Gasteiger partial charge in [0.2, 0.25) is 23.6 Å². The van der Waals surface area contributed by atoms with Gasteiger partial charge in [0.15, 0.2) is 0 Å². The maximum absolute atomic E-state index is 13.9. The number of para-hydroxylation sites is 1. The number of likely N-dealkylation sites (tertiary alicyclic amines) is 1. The van der Waals surface area contributed by atoms with Crippen LogP contribution in [0.5, 0.6) is 11.5 Å². The van der Waals surface area contributed by atoms with Gasteiger partial charge in [-0.05, 0) is 55.5 Å². The van der Waals surface area contributed by atoms with Crippen molar-refractivity contribution < 1.29 is 33.8 Å². The molecule has 3 aliphatic heterocycles. The van der Waals surface area contributed by atoms with Crippen LogP contribution in [0.2, 0.25) is 0 Å². The minimum atomic E-state index is -1.23. The van der Waals surface area contributed by atoms with Gasteiger partial charge in [0, 0.05) is 39.0 Å². The number of benzene rings is 2. The molecule has 0 aliphatic carbocycles. The van der Waals surface area contributed by atoms with E-state index in [0.717, 1.165) is 18.4 Å². The summed E-state index contributed by atoms with van der Waals surface area (Å²) in [6, 6.07) is 10.7. The molecule has 3 atom stereocenters. The lowest BCUT2D eigenvalue weighted by molar-refractivity contribution is -0.138. The number of amides is 5. The molecule has 0 unspecified atom stereocenters. The van der Waals surface area contributed by atoms with Gasteiger partial charge in [0.05, 0.1) is 18.0 Å². The summed E-state index contributed by atoms with van der Waals surface area (Å²) in [5.74, 6) is -1.43. The standard InChI is InChI=1S/C32H39N5O7/c38-23-12-10-21(11-13-23)18-26-32(43)37-17-3-6-22(37)20-44-27-8-2-1-7-24(27)30(41)35-25(19-28(39)34-26)31(42)33-14-5-16-36-15-4-9-29(36)40/h1-2,7-8,10-13,22,25-26,38H,3-6,9,14-20H2,(H,33,42)(H,34,39)(H,35,41)/t22-,25+,26+/m1/s1. The van der Waals surface area contributed by atoms with Crippen LogP contribution < -0.4 is 20.7 Å². The molecule has 3 aliphatic rings. The van der Waals surface area contributed by atoms with E-state index in [9.17, 15) is 29.1 Å². The second kappa shape index (κ2) is 14.2. The molecule has 0 aromatic heterocycles. The summed E-state index contributed by atoms with van der Waals surface area (Å²) >= 11 is 0. The SMILES string of the molecule is O=C1C[C@@H](C(=O)NCCCN2CCCC2=O)NC(=O)c2ccccc2OC[C@H]2CCCN2C(=O)[C@H](Cc2ccc(O)cc2)N1. The predicted molar refractivity (Wildman–Crippen MR) is 160 cm³/mol. The van der Waals surface area contributed by atoms with E-state index >= 15 is 0 Å². The molecule has 5 rings (SSSR count). The van der Waals surface area contributed by atoms with E-state index in [0.29, 0.717) is 44.6 Å². The molecule has 0 bridgehead atoms. The minimum Gasteiger partial charge on any atom is -0.508 e. The number of carbonyl (C=O) groups excluding carboxylic acids is 5. The number of rotatable bonds is 7. The van der Waals surface area contributed by atoms with Crippen LogP contribution in [0.3, 0.4) is 0 Å². The van der Waals surface area contributed by atoms with Crippen molar-refractivity contribution >= 4 is 29.5 Å². The molecular formula is C32H39N5O7. The lowest BCUT2D eigenvalue weighted by Gasteiger charge is -2.30. The third-order valence-electron chi connectivity index (χ3n) is 8.32. The summed E-state index contributed by atoms with van der Waals surface area (Å²) in [4.78, 5) is 69.4. The number of aromatic hydroxyl groups is 1. The zero-order chi connectivity index (χ0) is 31.1. The zero-order valence-corrected chi connectivity index (χ0v) is 24.6. The van der Waals surface area contributed by atoms with Crippen LogP contribution >= 0.6 is 0 Å². The first kappa shape index (κ1) is 30.8. The minimum absolute atomic E-state index is 0.0868. The Morgan fingerprint density at radius 1 is 1.00 bits per heavy atom. The maximum atomic E-state index is 13.9. The largest absolute Gasteiger partial charge is 0.508 e. The van der Waals surface area contributed by atoms with Crippen LogP contribution in [0.15, 0.2) is 48.5 Å². The molecule has 4 N–H and O–H groups in total. The molecule has 0 radical (unpaired) electrons. The molecule has 2 fully saturated rings. The number of fused-ring (bicyclic) bond motifs is 2. The molecule has 5 amide bonds. The Balaban J connectivity index is 1.36. The fourth-order valence-corrected chi connectivity index (χ4v) is 5.96. The van der Waals surface area contributed by atoms with Crippen molar-refractivity contribution in [2.45, 2.75) is 63.1 Å². The van der Waals surface area contributed by atoms with E-state index in [1.54, 1.807) is 46.2 Å². The second-order valence-electron chi connectivity index (χ2n) is 11.5. The van der Waals surface area contributed by atoms with E-state index in [1.807, 2.05) is 0 Å². The first-order valence-corrected chi connectivity index (χ1v) is 15.2. The van der Waals surface area contributed by atoms with Crippen molar-refractivity contribution in [2.75, 3.05) is 32.8 Å². The average molecular weight is 606 g/mol. The molecule has 2 aromatic rings. The van der Waals surface area contributed by atoms with Crippen molar-refractivity contribution in [2.24, 2.45) is 0 Å². The summed E-state index contributed by atoms with van der Waals surface area (Å²) in [6.45, 7) is 2.15. The Kier molecular flexibility index (Phi) is 9.98. The molecule has 234 valence electrons. The van der Waals surface area contributed by atoms with Gasteiger partial charge >= 0.3 is 0 Å². The van der Waals surface area contributed by atoms with Crippen LogP contribution in [0, 0.1) is 0 Å². The van der Waals surface area contributed by atoms with Gasteiger partial charge in [-0.2, -0.15) is 0 Å². The number of phenols is 1. The van der Waals surface area contributed by atoms with Crippen LogP contribution in [0.4, 0.5) is 0 Å². The summed E-state index contributed by atoms with van der Waals surface area (Å²) in [5.41, 5.74) is 0.957. The number of nitrogens with one attached hydrogen (secondary N) is 3. The van der Waals surface area contributed by atoms with Gasteiger partial charge in [0.1, 0.15) is 30.2 Å². The van der Waals surface area contributed by atoms with Gasteiger partial charge < -0.3 is 35.6 Å². The van der Waals surface area contributed by atoms with Crippen molar-refractivity contribution in [3.8, 4) is 11.5 Å². The maximum Gasteiger partial charge on any atom is 0.255 e. The molecule has 0 spiro atoms. The van der Waals surface area contributed by atoms with E-state index in [-0.39, 0.29) is 48.7 Å². The lowest BCUT2D eigenvalue weighted by atomic mass is 10.0. The predicted octanol–water partition coefficient (Wildman–Crippen LogP) is 1.12. The molecule has 2 saturated heterocycles. The topological polar surface area (TPSA) is 157 Å². The van der Waals surface area contributed by atoms with Crippen LogP contribution in [0.1, 0.15) is 54.4 Å². The van der Waals surface area contributed by atoms with E-state index in [1.165, 1.54) is 12.1 Å². The number of hydrogen-bond donors (Lipinski definition) is 4. The Hall–Kier alpha value is -4.61. The summed E-state index contributed by atoms with van der Waals surface area (Å²) < 4.78 is 6.08. The van der Waals surface area contributed by atoms with Crippen molar-refractivity contribution in [3.63, 3.8) is 0 Å². The van der Waals surface area contributed by atoms with Crippen molar-refractivity contribution in [3.05, 3.63) is 59.7 Å². The highest BCUT2D eigenvalue weighted by molar-refractivity contribution is 6.01. The number of nitrogens with zero attached hydrogens (tertiary/aromatic N) is 2. The fraction of sp³-hybridized carbons (Fsp3) is 0.469. The van der Waals surface area contributed by atoms with Crippen LogP contribution in [-0.2, 0) is 25.6 Å². The summed E-state index contributed by atoms with van der Waals surface area (Å²) in [5, 5.41) is 18.0. The van der Waals surface area contributed by atoms with Crippen LogP contribution in [-0.4, -0.2) is 95.4 Å². The number of hydrogen-bond acceptors (Lipinski definition) is 7. The monoisotopic (exact) mass is 605 g/mol. The average Bonchev–Trinajstić information content (AvgIpc) is 3.66. The zero-order valence-electron chi connectivity index (χ0n) is 24.6. The first-order valence-electron chi connectivity index (χ1n) is 15.2. The fourth-order valence-electron chi connectivity index (χ4n) is 5.96. The molecule has 12 nitrogen and oxygen atoms in total. The second-order valence-corrected chi connectivity index (χ2v) is 11.5. The number of ether oxygens (including phenoxy) is 1. The molecule has 0 saturated carbocycles. The number of phenolic OH excluding ortho intramolecular Hbond substituents is 1. The van der Waals surface area contributed by atoms with Gasteiger partial charge in [-0.15, -0.1) is 0 Å². The highest BCUT2D eigenvalue weighted by atomic mass is 16.5. The third kappa shape index (κ3) is 7.66. The first-order chi connectivity index (χ1) is 21.3. The number of carbonyl (C=O) groups is 5. The Morgan fingerprint density at radius 3 is 2.57 bits per heavy atom. The Bertz CT molecular complexity index is 1380. The van der Waals surface area contributed by atoms with Gasteiger partial charge in [0.25, 0.3) is 5.91 Å². The lowest BCUT2D eigenvalue weighted by Crippen LogP contribution is -2.54. The van der Waals surface area contributed by atoms with E-state index in [4.69, 9.17) is 4.74 Å². The van der Waals surface area contributed by atoms with E-state index in [2.05, 4.69) is 16.0 Å². The Morgan fingerprint density at radius 2 is 1.80 bits per heavy atom. The van der Waals surface area contributed by atoms with Gasteiger partial charge in [-0.25, -0.2) is 0 Å². The smallest absolute Gasteiger partial charge is 0.255 e. The summed E-state index contributed by atoms with van der Waals surface area (Å²) in [7, 11) is 0. The highest BCUT2D eigenvalue weighted by Gasteiger charge is 2.36. The molecule has 44 heavy (non-hydrogen) atoms. The van der Waals surface area contributed by atoms with Gasteiger partial charge in [-0.3, -0.25) is 24.0 Å². The van der Waals surface area contributed by atoms with Crippen molar-refractivity contribution in [1.29, 1.82) is 0 Å². The molecule has 2 aromatic carbocycles. The Labute approximate surface area is 256 Å². The van der Waals surface area contributed by atoms with Crippen molar-refractivity contribution in [1.82, 2.24) is 25.8 Å². The normalized spacial score (nSPS) is 22.8. The third-order valence-corrected chi connectivity index (χ3v) is 8.32. The quantitative estimate of drug-likeness (QED) is 0.345. The highest BCUT2D eigenvalue weighted by Crippen LogP contribution is 2.24. The van der Waals surface area contributed by atoms with Gasteiger partial charge in [-0.1, -0.05) is 24.3 Å². The molecular weight excluding hydrogens is 566 g/mol. The summed E-state index contributed by atoms with van der Waals surface area (Å²) in [6.07, 6.45) is 3.17. The van der Waals surface area contributed by atoms with E-state index < -0.39 is 36.2 Å². The van der Waals surface area contributed by atoms with Crippen LogP contribution in [0.25, 0.3) is 0 Å².